The zero-order valence-electron chi connectivity index (χ0n) is 15.3. The molecule has 10 heteroatoms. The van der Waals surface area contributed by atoms with Crippen molar-refractivity contribution in [3.8, 4) is 5.75 Å². The number of nitrogens with one attached hydrogen (secondary N) is 1. The Morgan fingerprint density at radius 1 is 1.20 bits per heavy atom. The van der Waals surface area contributed by atoms with Crippen LogP contribution in [0.5, 0.6) is 5.75 Å². The van der Waals surface area contributed by atoms with E-state index in [0.29, 0.717) is 11.3 Å². The first-order chi connectivity index (χ1) is 14.4. The molecule has 1 aliphatic heterocycles. The Hall–Kier alpha value is -2.88. The topological polar surface area (TPSA) is 95.9 Å². The number of nitrogens with zero attached hydrogens (tertiary/aromatic N) is 1. The molecule has 1 aliphatic rings. The van der Waals surface area contributed by atoms with Gasteiger partial charge in [-0.15, -0.1) is 0 Å². The number of benzene rings is 2. The predicted molar refractivity (Wildman–Crippen MR) is 118 cm³/mol. The Morgan fingerprint density at radius 2 is 1.90 bits per heavy atom. The fraction of sp³-hybridized carbons (Fsp3) is 0.100. The number of hydrogen-bond acceptors (Lipinski definition) is 6. The lowest BCUT2D eigenvalue weighted by Gasteiger charge is -2.16. The quantitative estimate of drug-likeness (QED) is 0.478. The van der Waals surface area contributed by atoms with E-state index in [1.54, 1.807) is 48.5 Å². The van der Waals surface area contributed by atoms with Crippen molar-refractivity contribution in [3.05, 3.63) is 69.6 Å². The van der Waals surface area contributed by atoms with Crippen molar-refractivity contribution in [2.75, 3.05) is 6.61 Å². The van der Waals surface area contributed by atoms with Gasteiger partial charge in [0, 0.05) is 5.56 Å². The second-order valence-electron chi connectivity index (χ2n) is 5.97. The lowest BCUT2D eigenvalue weighted by Crippen LogP contribution is -2.44. The van der Waals surface area contributed by atoms with E-state index in [2.05, 4.69) is 5.43 Å². The maximum Gasteiger partial charge on any atom is 0.306 e. The lowest BCUT2D eigenvalue weighted by atomic mass is 10.2. The molecular weight excluding hydrogens is 448 g/mol. The molecule has 2 amide bonds. The molecule has 2 aromatic carbocycles. The normalized spacial score (nSPS) is 14.8. The Bertz CT molecular complexity index is 1060. The maximum absolute atomic E-state index is 12.8. The SMILES string of the molecule is O=C(O)CCOc1ccccc1/C=C1/SC(=S)N(NC(=O)c2ccccc2Cl)C1=O. The highest BCUT2D eigenvalue weighted by molar-refractivity contribution is 8.26. The van der Waals surface area contributed by atoms with Crippen molar-refractivity contribution < 1.29 is 24.2 Å². The number of carboxylic acids is 1. The maximum atomic E-state index is 12.8. The Labute approximate surface area is 186 Å². The zero-order chi connectivity index (χ0) is 21.7. The van der Waals surface area contributed by atoms with Crippen molar-refractivity contribution in [3.63, 3.8) is 0 Å². The number of hydrogen-bond donors (Lipinski definition) is 2. The molecule has 0 radical (unpaired) electrons. The van der Waals surface area contributed by atoms with E-state index in [9.17, 15) is 14.4 Å². The van der Waals surface area contributed by atoms with E-state index in [0.717, 1.165) is 16.8 Å². The average Bonchev–Trinajstić information content (AvgIpc) is 2.96. The van der Waals surface area contributed by atoms with Crippen LogP contribution in [0, 0.1) is 0 Å². The first-order valence-electron chi connectivity index (χ1n) is 8.64. The molecule has 0 bridgehead atoms. The van der Waals surface area contributed by atoms with Crippen molar-refractivity contribution in [2.45, 2.75) is 6.42 Å². The van der Waals surface area contributed by atoms with Crippen LogP contribution >= 0.6 is 35.6 Å². The monoisotopic (exact) mass is 462 g/mol. The molecule has 30 heavy (non-hydrogen) atoms. The molecule has 3 rings (SSSR count). The summed E-state index contributed by atoms with van der Waals surface area (Å²) < 4.78 is 5.67. The molecule has 1 saturated heterocycles. The summed E-state index contributed by atoms with van der Waals surface area (Å²) in [6.07, 6.45) is 1.43. The smallest absolute Gasteiger partial charge is 0.306 e. The van der Waals surface area contributed by atoms with Crippen LogP contribution in [0.3, 0.4) is 0 Å². The Morgan fingerprint density at radius 3 is 2.63 bits per heavy atom. The van der Waals surface area contributed by atoms with Gasteiger partial charge in [-0.05, 0) is 36.5 Å². The number of thiocarbonyl (C=S) groups is 1. The van der Waals surface area contributed by atoms with Crippen molar-refractivity contribution in [1.29, 1.82) is 0 Å². The molecule has 1 fully saturated rings. The molecule has 154 valence electrons. The molecular formula is C20H15ClN2O5S2. The van der Waals surface area contributed by atoms with Crippen LogP contribution in [-0.2, 0) is 9.59 Å². The Balaban J connectivity index is 1.76. The molecule has 1 heterocycles. The molecule has 2 N–H and O–H groups in total. The number of halogens is 1. The highest BCUT2D eigenvalue weighted by Crippen LogP contribution is 2.33. The summed E-state index contributed by atoms with van der Waals surface area (Å²) >= 11 is 12.3. The largest absolute Gasteiger partial charge is 0.492 e. The first kappa shape index (κ1) is 21.8. The number of ether oxygens (including phenoxy) is 1. The minimum atomic E-state index is -0.970. The molecule has 7 nitrogen and oxygen atoms in total. The van der Waals surface area contributed by atoms with Gasteiger partial charge in [0.05, 0.1) is 28.5 Å². The van der Waals surface area contributed by atoms with E-state index in [1.807, 2.05) is 0 Å². The van der Waals surface area contributed by atoms with Gasteiger partial charge in [-0.2, -0.15) is 5.01 Å². The second kappa shape index (κ2) is 9.75. The van der Waals surface area contributed by atoms with Gasteiger partial charge in [-0.25, -0.2) is 0 Å². The molecule has 0 saturated carbocycles. The summed E-state index contributed by atoms with van der Waals surface area (Å²) in [6.45, 7) is -0.00492. The van der Waals surface area contributed by atoms with Gasteiger partial charge in [0.15, 0.2) is 4.32 Å². The van der Waals surface area contributed by atoms with Gasteiger partial charge in [0.25, 0.3) is 11.8 Å². The standard InChI is InChI=1S/C20H15ClN2O5S2/c21-14-7-3-2-6-13(14)18(26)22-23-19(27)16(30-20(23)29)11-12-5-1-4-8-15(12)28-10-9-17(24)25/h1-8,11H,9-10H2,(H,22,26)(H,24,25)/b16-11+. The first-order valence-corrected chi connectivity index (χ1v) is 10.2. The van der Waals surface area contributed by atoms with Gasteiger partial charge in [-0.1, -0.05) is 53.7 Å². The van der Waals surface area contributed by atoms with Gasteiger partial charge in [-0.3, -0.25) is 19.8 Å². The van der Waals surface area contributed by atoms with Crippen LogP contribution in [0.1, 0.15) is 22.3 Å². The van der Waals surface area contributed by atoms with E-state index in [-0.39, 0.29) is 32.8 Å². The molecule has 2 aromatic rings. The minimum absolute atomic E-state index is 0.00492. The van der Waals surface area contributed by atoms with E-state index in [4.69, 9.17) is 33.7 Å². The third-order valence-corrected chi connectivity index (χ3v) is 5.54. The van der Waals surface area contributed by atoms with Crippen molar-refractivity contribution in [1.82, 2.24) is 10.4 Å². The van der Waals surface area contributed by atoms with Crippen LogP contribution in [0.15, 0.2) is 53.4 Å². The molecule has 0 unspecified atom stereocenters. The highest BCUT2D eigenvalue weighted by Gasteiger charge is 2.34. The number of carbonyl (C=O) groups is 3. The minimum Gasteiger partial charge on any atom is -0.492 e. The Kier molecular flexibility index (Phi) is 7.09. The number of rotatable bonds is 7. The van der Waals surface area contributed by atoms with Crippen LogP contribution in [0.25, 0.3) is 6.08 Å². The number of carbonyl (C=O) groups excluding carboxylic acids is 2. The second-order valence-corrected chi connectivity index (χ2v) is 8.05. The summed E-state index contributed by atoms with van der Waals surface area (Å²) in [5, 5.41) is 10.00. The fourth-order valence-electron chi connectivity index (χ4n) is 2.49. The van der Waals surface area contributed by atoms with Gasteiger partial charge < -0.3 is 9.84 Å². The summed E-state index contributed by atoms with van der Waals surface area (Å²) in [5.41, 5.74) is 3.27. The van der Waals surface area contributed by atoms with Crippen LogP contribution in [0.4, 0.5) is 0 Å². The number of aliphatic carboxylic acids is 1. The highest BCUT2D eigenvalue weighted by atomic mass is 35.5. The van der Waals surface area contributed by atoms with Crippen molar-refractivity contribution in [2.24, 2.45) is 0 Å². The summed E-state index contributed by atoms with van der Waals surface area (Å²) in [5.74, 6) is -1.59. The number of hydrazine groups is 1. The number of para-hydroxylation sites is 1. The van der Waals surface area contributed by atoms with Gasteiger partial charge >= 0.3 is 5.97 Å². The number of carboxylic acid groups (broad SMARTS) is 1. The third-order valence-electron chi connectivity index (χ3n) is 3.90. The van der Waals surface area contributed by atoms with Crippen LogP contribution < -0.4 is 10.2 Å². The van der Waals surface area contributed by atoms with Crippen LogP contribution in [0.2, 0.25) is 5.02 Å². The zero-order valence-corrected chi connectivity index (χ0v) is 17.7. The van der Waals surface area contributed by atoms with E-state index < -0.39 is 17.8 Å². The average molecular weight is 463 g/mol. The van der Waals surface area contributed by atoms with E-state index >= 15 is 0 Å². The summed E-state index contributed by atoms with van der Waals surface area (Å²) in [7, 11) is 0. The molecule has 0 aromatic heterocycles. The molecule has 0 aliphatic carbocycles. The number of amides is 2. The van der Waals surface area contributed by atoms with Gasteiger partial charge in [0.2, 0.25) is 0 Å². The van der Waals surface area contributed by atoms with E-state index in [1.165, 1.54) is 6.07 Å². The fourth-order valence-corrected chi connectivity index (χ4v) is 3.88. The van der Waals surface area contributed by atoms with Crippen molar-refractivity contribution >= 4 is 63.8 Å². The molecule has 0 spiro atoms. The lowest BCUT2D eigenvalue weighted by molar-refractivity contribution is -0.137. The van der Waals surface area contributed by atoms with Crippen LogP contribution in [-0.4, -0.2) is 38.8 Å². The predicted octanol–water partition coefficient (Wildman–Crippen LogP) is 3.74. The van der Waals surface area contributed by atoms with Gasteiger partial charge in [0.1, 0.15) is 5.75 Å². The summed E-state index contributed by atoms with van der Waals surface area (Å²) in [4.78, 5) is 36.2. The molecule has 0 atom stereocenters. The number of thioether (sulfide) groups is 1. The summed E-state index contributed by atoms with van der Waals surface area (Å²) in [6, 6.07) is 13.4. The third kappa shape index (κ3) is 5.18.